The molecule has 1 unspecified atom stereocenters. The Balaban J connectivity index is 1.73. The van der Waals surface area contributed by atoms with Crippen LogP contribution in [0.2, 0.25) is 0 Å². The molecule has 1 aromatic carbocycles. The third kappa shape index (κ3) is 2.70. The average molecular weight is 289 g/mol. The molecule has 20 heavy (non-hydrogen) atoms. The lowest BCUT2D eigenvalue weighted by Crippen LogP contribution is -2.39. The molecule has 2 aliphatic rings. The van der Waals surface area contributed by atoms with Crippen LogP contribution in [0.25, 0.3) is 0 Å². The maximum atomic E-state index is 12.2. The Kier molecular flexibility index (Phi) is 3.73. The van der Waals surface area contributed by atoms with Crippen LogP contribution in [-0.4, -0.2) is 23.3 Å². The van der Waals surface area contributed by atoms with Crippen molar-refractivity contribution in [3.05, 3.63) is 29.8 Å². The third-order valence-electron chi connectivity index (χ3n) is 3.43. The number of hydrogen-bond donors (Lipinski definition) is 2. The molecule has 2 N–H and O–H groups in total. The van der Waals surface area contributed by atoms with Gasteiger partial charge in [0.15, 0.2) is 0 Å². The number of carbonyl (C=O) groups is 2. The second kappa shape index (κ2) is 5.66. The van der Waals surface area contributed by atoms with Gasteiger partial charge in [0.25, 0.3) is 5.91 Å². The Morgan fingerprint density at radius 2 is 2.20 bits per heavy atom. The third-order valence-corrected chi connectivity index (χ3v) is 4.55. The highest BCUT2D eigenvalue weighted by Gasteiger charge is 2.25. The highest BCUT2D eigenvalue weighted by Crippen LogP contribution is 2.35. The summed E-state index contributed by atoms with van der Waals surface area (Å²) in [5.41, 5.74) is 3.92. The summed E-state index contributed by atoms with van der Waals surface area (Å²) in [6.07, 6.45) is 1.64. The molecule has 1 aromatic rings. The molecule has 5 nitrogen and oxygen atoms in total. The summed E-state index contributed by atoms with van der Waals surface area (Å²) < 4.78 is 0. The van der Waals surface area contributed by atoms with Crippen LogP contribution in [0.4, 0.5) is 0 Å². The normalized spacial score (nSPS) is 21.5. The Hall–Kier alpha value is -1.82. The van der Waals surface area contributed by atoms with Gasteiger partial charge in [0, 0.05) is 23.5 Å². The number of hydrazone groups is 1. The van der Waals surface area contributed by atoms with Crippen LogP contribution < -0.4 is 10.7 Å². The number of nitrogens with zero attached hydrogens (tertiary/aromatic N) is 1. The first-order valence-electron chi connectivity index (χ1n) is 6.62. The van der Waals surface area contributed by atoms with Crippen molar-refractivity contribution in [2.45, 2.75) is 30.2 Å². The molecule has 3 rings (SSSR count). The number of thioether (sulfide) groups is 1. The molecule has 0 spiro atoms. The molecule has 2 aliphatic heterocycles. The van der Waals surface area contributed by atoms with E-state index in [9.17, 15) is 9.59 Å². The van der Waals surface area contributed by atoms with E-state index >= 15 is 0 Å². The van der Waals surface area contributed by atoms with Crippen molar-refractivity contribution in [2.24, 2.45) is 5.10 Å². The summed E-state index contributed by atoms with van der Waals surface area (Å²) in [5.74, 6) is 0.670. The van der Waals surface area contributed by atoms with Crippen molar-refractivity contribution in [1.82, 2.24) is 10.7 Å². The van der Waals surface area contributed by atoms with Crippen LogP contribution in [0.5, 0.6) is 0 Å². The molecule has 6 heteroatoms. The van der Waals surface area contributed by atoms with Gasteiger partial charge in [0.05, 0.1) is 6.04 Å². The van der Waals surface area contributed by atoms with Crippen molar-refractivity contribution in [1.29, 1.82) is 0 Å². The zero-order chi connectivity index (χ0) is 13.9. The second-order valence-electron chi connectivity index (χ2n) is 4.79. The lowest BCUT2D eigenvalue weighted by Gasteiger charge is -2.26. The number of amides is 2. The van der Waals surface area contributed by atoms with E-state index < -0.39 is 0 Å². The van der Waals surface area contributed by atoms with Gasteiger partial charge in [-0.3, -0.25) is 9.59 Å². The predicted octanol–water partition coefficient (Wildman–Crippen LogP) is 1.61. The first kappa shape index (κ1) is 13.2. The second-order valence-corrected chi connectivity index (χ2v) is 5.93. The fourth-order valence-electron chi connectivity index (χ4n) is 2.37. The Labute approximate surface area is 121 Å². The van der Waals surface area contributed by atoms with Gasteiger partial charge in [-0.15, -0.1) is 11.8 Å². The zero-order valence-corrected chi connectivity index (χ0v) is 11.7. The molecule has 1 atom stereocenters. The summed E-state index contributed by atoms with van der Waals surface area (Å²) >= 11 is 1.82. The smallest absolute Gasteiger partial charge is 0.267 e. The summed E-state index contributed by atoms with van der Waals surface area (Å²) in [5, 5.41) is 6.86. The van der Waals surface area contributed by atoms with Crippen LogP contribution >= 0.6 is 11.8 Å². The molecule has 2 heterocycles. The maximum absolute atomic E-state index is 12.2. The number of carbonyl (C=O) groups excluding carboxylic acids is 2. The number of fused-ring (bicyclic) bond motifs is 1. The van der Waals surface area contributed by atoms with E-state index in [1.54, 1.807) is 0 Å². The number of benzene rings is 1. The van der Waals surface area contributed by atoms with Gasteiger partial charge in [0.2, 0.25) is 5.91 Å². The minimum absolute atomic E-state index is 0.0280. The first-order chi connectivity index (χ1) is 9.74. The number of rotatable bonds is 2. The molecular formula is C14H15N3O2S. The molecule has 0 radical (unpaired) electrons. The summed E-state index contributed by atoms with van der Waals surface area (Å²) in [6.45, 7) is 0. The van der Waals surface area contributed by atoms with Crippen molar-refractivity contribution >= 4 is 29.3 Å². The molecule has 0 saturated carbocycles. The van der Waals surface area contributed by atoms with Gasteiger partial charge in [-0.25, -0.2) is 5.43 Å². The highest BCUT2D eigenvalue weighted by molar-refractivity contribution is 7.99. The largest absolute Gasteiger partial charge is 0.344 e. The van der Waals surface area contributed by atoms with Gasteiger partial charge in [-0.2, -0.15) is 5.10 Å². The topological polar surface area (TPSA) is 70.6 Å². The summed E-state index contributed by atoms with van der Waals surface area (Å²) in [4.78, 5) is 24.4. The van der Waals surface area contributed by atoms with E-state index in [0.717, 1.165) is 17.7 Å². The van der Waals surface area contributed by atoms with Gasteiger partial charge in [0.1, 0.15) is 5.71 Å². The van der Waals surface area contributed by atoms with E-state index in [0.29, 0.717) is 18.6 Å². The molecule has 2 amide bonds. The molecule has 0 saturated heterocycles. The Bertz CT molecular complexity index is 586. The summed E-state index contributed by atoms with van der Waals surface area (Å²) in [7, 11) is 0. The van der Waals surface area contributed by atoms with Crippen molar-refractivity contribution in [2.75, 3.05) is 5.75 Å². The quantitative estimate of drug-likeness (QED) is 0.869. The minimum Gasteiger partial charge on any atom is -0.344 e. The first-order valence-corrected chi connectivity index (χ1v) is 7.60. The van der Waals surface area contributed by atoms with Gasteiger partial charge >= 0.3 is 0 Å². The molecule has 104 valence electrons. The van der Waals surface area contributed by atoms with Crippen LogP contribution in [0.1, 0.15) is 30.9 Å². The van der Waals surface area contributed by atoms with E-state index in [-0.39, 0.29) is 17.9 Å². The molecule has 0 aromatic heterocycles. The number of hydrogen-bond acceptors (Lipinski definition) is 4. The highest BCUT2D eigenvalue weighted by atomic mass is 32.2. The standard InChI is InChI=1S/C14H15N3O2S/c18-13-6-5-11(16-17-13)14(19)15-10-7-8-20-12-4-2-1-3-9(10)12/h1-4,10H,5-8H2,(H,15,19)(H,17,18). The molecule has 0 bridgehead atoms. The van der Waals surface area contributed by atoms with Crippen LogP contribution in [-0.2, 0) is 9.59 Å². The van der Waals surface area contributed by atoms with Crippen molar-refractivity contribution in [3.63, 3.8) is 0 Å². The SMILES string of the molecule is O=C1CCC(C(=O)NC2CCSc3ccccc32)=NN1. The van der Waals surface area contributed by atoms with Crippen LogP contribution in [0.15, 0.2) is 34.3 Å². The van der Waals surface area contributed by atoms with E-state index in [1.807, 2.05) is 23.9 Å². The van der Waals surface area contributed by atoms with E-state index in [2.05, 4.69) is 28.0 Å². The van der Waals surface area contributed by atoms with Crippen LogP contribution in [0.3, 0.4) is 0 Å². The lowest BCUT2D eigenvalue weighted by molar-refractivity contribution is -0.121. The Morgan fingerprint density at radius 1 is 1.35 bits per heavy atom. The average Bonchev–Trinajstić information content (AvgIpc) is 2.48. The van der Waals surface area contributed by atoms with Crippen LogP contribution in [0, 0.1) is 0 Å². The lowest BCUT2D eigenvalue weighted by atomic mass is 10.0. The van der Waals surface area contributed by atoms with E-state index in [4.69, 9.17) is 0 Å². The van der Waals surface area contributed by atoms with Crippen molar-refractivity contribution < 1.29 is 9.59 Å². The molecular weight excluding hydrogens is 274 g/mol. The van der Waals surface area contributed by atoms with Gasteiger partial charge < -0.3 is 5.32 Å². The minimum atomic E-state index is -0.184. The van der Waals surface area contributed by atoms with Gasteiger partial charge in [-0.05, 0) is 18.1 Å². The predicted molar refractivity (Wildman–Crippen MR) is 77.5 cm³/mol. The Morgan fingerprint density at radius 3 is 3.00 bits per heavy atom. The zero-order valence-electron chi connectivity index (χ0n) is 10.9. The van der Waals surface area contributed by atoms with E-state index in [1.165, 1.54) is 4.90 Å². The fourth-order valence-corrected chi connectivity index (χ4v) is 3.50. The molecule has 0 fully saturated rings. The summed E-state index contributed by atoms with van der Waals surface area (Å²) in [6, 6.07) is 8.16. The maximum Gasteiger partial charge on any atom is 0.267 e. The molecule has 0 aliphatic carbocycles. The number of nitrogens with one attached hydrogen (secondary N) is 2. The monoisotopic (exact) mass is 289 g/mol. The van der Waals surface area contributed by atoms with Crippen molar-refractivity contribution in [3.8, 4) is 0 Å². The fraction of sp³-hybridized carbons (Fsp3) is 0.357. The van der Waals surface area contributed by atoms with Gasteiger partial charge in [-0.1, -0.05) is 18.2 Å².